The monoisotopic (exact) mass is 321 g/mol. The van der Waals surface area contributed by atoms with Crippen LogP contribution in [0.3, 0.4) is 0 Å². The van der Waals surface area contributed by atoms with Crippen LogP contribution in [0.2, 0.25) is 5.02 Å². The van der Waals surface area contributed by atoms with E-state index in [9.17, 15) is 4.79 Å². The van der Waals surface area contributed by atoms with E-state index in [0.29, 0.717) is 18.1 Å². The van der Waals surface area contributed by atoms with Crippen molar-refractivity contribution in [2.75, 3.05) is 13.7 Å². The highest BCUT2D eigenvalue weighted by molar-refractivity contribution is 6.31. The van der Waals surface area contributed by atoms with Crippen LogP contribution in [0.5, 0.6) is 5.75 Å². The van der Waals surface area contributed by atoms with Gasteiger partial charge in [0.25, 0.3) is 5.91 Å². The van der Waals surface area contributed by atoms with Gasteiger partial charge in [0.2, 0.25) is 0 Å². The number of amides is 1. The molecule has 2 aromatic rings. The van der Waals surface area contributed by atoms with Crippen molar-refractivity contribution in [1.82, 2.24) is 14.7 Å². The fourth-order valence-electron chi connectivity index (χ4n) is 2.10. The molecule has 0 saturated heterocycles. The molecule has 0 unspecified atom stereocenters. The van der Waals surface area contributed by atoms with Crippen LogP contribution < -0.4 is 4.74 Å². The van der Waals surface area contributed by atoms with Crippen LogP contribution in [0.25, 0.3) is 0 Å². The molecule has 0 aliphatic heterocycles. The average molecular weight is 322 g/mol. The highest BCUT2D eigenvalue weighted by atomic mass is 35.5. The molecule has 1 heterocycles. The Morgan fingerprint density at radius 3 is 2.82 bits per heavy atom. The molecule has 1 aromatic heterocycles. The van der Waals surface area contributed by atoms with Gasteiger partial charge in [-0.3, -0.25) is 9.48 Å². The van der Waals surface area contributed by atoms with Gasteiger partial charge in [-0.1, -0.05) is 29.8 Å². The van der Waals surface area contributed by atoms with Gasteiger partial charge in [0, 0.05) is 13.6 Å². The lowest BCUT2D eigenvalue weighted by atomic mass is 10.2. The van der Waals surface area contributed by atoms with Crippen molar-refractivity contribution in [3.05, 3.63) is 46.7 Å². The first-order chi connectivity index (χ1) is 10.5. The summed E-state index contributed by atoms with van der Waals surface area (Å²) in [6, 6.07) is 7.62. The van der Waals surface area contributed by atoms with Gasteiger partial charge in [-0.25, -0.2) is 0 Å². The molecule has 0 fully saturated rings. The number of hydrogen-bond acceptors (Lipinski definition) is 3. The number of rotatable bonds is 6. The molecule has 0 aliphatic carbocycles. The minimum atomic E-state index is -0.108. The first-order valence-electron chi connectivity index (χ1n) is 7.15. The second kappa shape index (κ2) is 7.31. The Morgan fingerprint density at radius 2 is 2.14 bits per heavy atom. The van der Waals surface area contributed by atoms with E-state index >= 15 is 0 Å². The van der Waals surface area contributed by atoms with E-state index in [1.807, 2.05) is 38.1 Å². The molecule has 5 nitrogen and oxygen atoms in total. The van der Waals surface area contributed by atoms with Crippen molar-refractivity contribution in [3.63, 3.8) is 0 Å². The third-order valence-corrected chi connectivity index (χ3v) is 3.77. The van der Waals surface area contributed by atoms with Crippen molar-refractivity contribution < 1.29 is 9.53 Å². The molecule has 0 N–H and O–H groups in total. The Morgan fingerprint density at radius 1 is 1.41 bits per heavy atom. The molecule has 118 valence electrons. The Balaban J connectivity index is 1.95. The van der Waals surface area contributed by atoms with Crippen LogP contribution in [0.15, 0.2) is 30.5 Å². The van der Waals surface area contributed by atoms with Gasteiger partial charge in [-0.2, -0.15) is 5.10 Å². The highest BCUT2D eigenvalue weighted by Crippen LogP contribution is 2.18. The lowest BCUT2D eigenvalue weighted by Gasteiger charge is -2.18. The van der Waals surface area contributed by atoms with Crippen molar-refractivity contribution in [1.29, 1.82) is 0 Å². The van der Waals surface area contributed by atoms with E-state index in [1.54, 1.807) is 22.8 Å². The molecule has 1 aromatic carbocycles. The molecule has 6 heteroatoms. The van der Waals surface area contributed by atoms with Crippen LogP contribution in [0.1, 0.15) is 18.2 Å². The second-order valence-corrected chi connectivity index (χ2v) is 5.47. The van der Waals surface area contributed by atoms with Gasteiger partial charge in [0.05, 0.1) is 23.5 Å². The lowest BCUT2D eigenvalue weighted by Crippen LogP contribution is -2.32. The van der Waals surface area contributed by atoms with Crippen LogP contribution in [-0.2, 0) is 17.9 Å². The van der Waals surface area contributed by atoms with E-state index in [4.69, 9.17) is 16.3 Å². The molecule has 0 aliphatic rings. The number of nitrogens with zero attached hydrogens (tertiary/aromatic N) is 3. The molecular weight excluding hydrogens is 302 g/mol. The van der Waals surface area contributed by atoms with Crippen LogP contribution in [0.4, 0.5) is 0 Å². The molecule has 0 saturated carbocycles. The van der Waals surface area contributed by atoms with E-state index in [1.165, 1.54) is 0 Å². The number of carbonyl (C=O) groups is 1. The number of benzene rings is 1. The summed E-state index contributed by atoms with van der Waals surface area (Å²) in [5.74, 6) is 0.615. The van der Waals surface area contributed by atoms with Gasteiger partial charge < -0.3 is 9.64 Å². The average Bonchev–Trinajstić information content (AvgIpc) is 2.86. The van der Waals surface area contributed by atoms with Crippen molar-refractivity contribution in [3.8, 4) is 5.75 Å². The Labute approximate surface area is 135 Å². The second-order valence-electron chi connectivity index (χ2n) is 5.06. The summed E-state index contributed by atoms with van der Waals surface area (Å²) >= 11 is 6.11. The predicted octanol–water partition coefficient (Wildman–Crippen LogP) is 2.90. The summed E-state index contributed by atoms with van der Waals surface area (Å²) < 4.78 is 7.37. The number of ether oxygens (including phenoxy) is 1. The van der Waals surface area contributed by atoms with Gasteiger partial charge in [0.1, 0.15) is 5.75 Å². The van der Waals surface area contributed by atoms with Crippen molar-refractivity contribution >= 4 is 17.5 Å². The first kappa shape index (κ1) is 16.4. The van der Waals surface area contributed by atoms with Crippen LogP contribution in [-0.4, -0.2) is 34.2 Å². The standard InChI is InChI=1S/C16H20ClN3O2/c1-4-20-14(13(17)9-18-20)10-19(3)16(21)11-22-15-8-6-5-7-12(15)2/h5-9H,4,10-11H2,1-3H3. The number of aromatic nitrogens is 2. The molecule has 0 bridgehead atoms. The molecule has 1 amide bonds. The van der Waals surface area contributed by atoms with Crippen molar-refractivity contribution in [2.45, 2.75) is 26.9 Å². The number of carbonyl (C=O) groups excluding carboxylic acids is 1. The van der Waals surface area contributed by atoms with Crippen LogP contribution in [0, 0.1) is 6.92 Å². The molecule has 0 spiro atoms. The third kappa shape index (κ3) is 3.80. The molecular formula is C16H20ClN3O2. The zero-order chi connectivity index (χ0) is 16.1. The minimum absolute atomic E-state index is 0.000759. The summed E-state index contributed by atoms with van der Waals surface area (Å²) in [5, 5.41) is 4.74. The summed E-state index contributed by atoms with van der Waals surface area (Å²) in [4.78, 5) is 13.8. The van der Waals surface area contributed by atoms with Gasteiger partial charge in [-0.15, -0.1) is 0 Å². The first-order valence-corrected chi connectivity index (χ1v) is 7.53. The fraction of sp³-hybridized carbons (Fsp3) is 0.375. The molecule has 0 atom stereocenters. The largest absolute Gasteiger partial charge is 0.484 e. The smallest absolute Gasteiger partial charge is 0.260 e. The fourth-order valence-corrected chi connectivity index (χ4v) is 2.30. The van der Waals surface area contributed by atoms with E-state index < -0.39 is 0 Å². The zero-order valence-electron chi connectivity index (χ0n) is 13.0. The molecule has 2 rings (SSSR count). The Hall–Kier alpha value is -2.01. The highest BCUT2D eigenvalue weighted by Gasteiger charge is 2.15. The maximum atomic E-state index is 12.2. The molecule has 22 heavy (non-hydrogen) atoms. The maximum Gasteiger partial charge on any atom is 0.260 e. The summed E-state index contributed by atoms with van der Waals surface area (Å²) in [7, 11) is 1.73. The summed E-state index contributed by atoms with van der Waals surface area (Å²) in [6.07, 6.45) is 1.60. The maximum absolute atomic E-state index is 12.2. The third-order valence-electron chi connectivity index (χ3n) is 3.45. The van der Waals surface area contributed by atoms with E-state index in [2.05, 4.69) is 5.10 Å². The summed E-state index contributed by atoms with van der Waals surface area (Å²) in [5.41, 5.74) is 1.83. The molecule has 0 radical (unpaired) electrons. The quantitative estimate of drug-likeness (QED) is 0.822. The SMILES string of the molecule is CCn1ncc(Cl)c1CN(C)C(=O)COc1ccccc1C. The predicted molar refractivity (Wildman–Crippen MR) is 86.1 cm³/mol. The normalized spacial score (nSPS) is 10.5. The Bertz CT molecular complexity index is 655. The number of halogens is 1. The van der Waals surface area contributed by atoms with Gasteiger partial charge in [-0.05, 0) is 25.5 Å². The summed E-state index contributed by atoms with van der Waals surface area (Å²) in [6.45, 7) is 5.05. The van der Waals surface area contributed by atoms with Gasteiger partial charge >= 0.3 is 0 Å². The topological polar surface area (TPSA) is 47.4 Å². The van der Waals surface area contributed by atoms with E-state index in [-0.39, 0.29) is 12.5 Å². The zero-order valence-corrected chi connectivity index (χ0v) is 13.8. The number of likely N-dealkylation sites (N-methyl/N-ethyl adjacent to an activating group) is 1. The van der Waals surface area contributed by atoms with E-state index in [0.717, 1.165) is 17.0 Å². The van der Waals surface area contributed by atoms with Crippen LogP contribution >= 0.6 is 11.6 Å². The number of hydrogen-bond donors (Lipinski definition) is 0. The number of para-hydroxylation sites is 1. The van der Waals surface area contributed by atoms with Gasteiger partial charge in [0.15, 0.2) is 6.61 Å². The number of aryl methyl sites for hydroxylation is 2. The lowest BCUT2D eigenvalue weighted by molar-refractivity contribution is -0.132. The Kier molecular flexibility index (Phi) is 5.44. The minimum Gasteiger partial charge on any atom is -0.484 e. The van der Waals surface area contributed by atoms with Crippen molar-refractivity contribution in [2.24, 2.45) is 0 Å².